The third kappa shape index (κ3) is 5.60. The second-order valence-electron chi connectivity index (χ2n) is 8.60. The molecule has 1 saturated carbocycles. The molecule has 3 aromatic rings. The zero-order valence-electron chi connectivity index (χ0n) is 19.0. The van der Waals surface area contributed by atoms with Crippen molar-refractivity contribution in [2.75, 3.05) is 14.1 Å². The van der Waals surface area contributed by atoms with Gasteiger partial charge in [-0.2, -0.15) is 0 Å². The molecule has 1 fully saturated rings. The van der Waals surface area contributed by atoms with E-state index in [-0.39, 0.29) is 11.5 Å². The minimum Gasteiger partial charge on any atom is -0.489 e. The molecule has 0 saturated heterocycles. The first-order valence-electron chi connectivity index (χ1n) is 11.2. The maximum atomic E-state index is 12.7. The highest BCUT2D eigenvalue weighted by Crippen LogP contribution is 2.33. The molecule has 4 nitrogen and oxygen atoms in total. The zero-order valence-corrected chi connectivity index (χ0v) is 20.6. The quantitative estimate of drug-likeness (QED) is 0.376. The summed E-state index contributed by atoms with van der Waals surface area (Å²) in [7, 11) is -0.490. The van der Waals surface area contributed by atoms with Gasteiger partial charge in [-0.3, -0.25) is 0 Å². The van der Waals surface area contributed by atoms with Gasteiger partial charge < -0.3 is 4.74 Å². The molecule has 4 rings (SSSR count). The van der Waals surface area contributed by atoms with E-state index < -0.39 is 10.0 Å². The normalized spacial score (nSPS) is 15.0. The van der Waals surface area contributed by atoms with Crippen LogP contribution in [0.5, 0.6) is 5.75 Å². The summed E-state index contributed by atoms with van der Waals surface area (Å²) < 4.78 is 32.7. The average molecular weight is 483 g/mol. The Balaban J connectivity index is 1.59. The molecule has 1 atom stereocenters. The standard InChI is InChI=1S/C27H29ClNO3S/c1-29(2)33(30,31)26-16-17-27(22-8-12-24(28)13-9-22)23(18-26)19-32-25-14-10-21(11-15-25)20-6-4-3-5-7-20/h6,8-18,20H,3-5,7,19H2,1-2H3. The largest absolute Gasteiger partial charge is 0.489 e. The van der Waals surface area contributed by atoms with Crippen LogP contribution in [0.3, 0.4) is 0 Å². The van der Waals surface area contributed by atoms with Gasteiger partial charge in [0.15, 0.2) is 0 Å². The molecule has 33 heavy (non-hydrogen) atoms. The van der Waals surface area contributed by atoms with E-state index >= 15 is 0 Å². The number of ether oxygens (including phenoxy) is 1. The van der Waals surface area contributed by atoms with Gasteiger partial charge in [-0.1, -0.05) is 54.8 Å². The van der Waals surface area contributed by atoms with E-state index in [2.05, 4.69) is 18.6 Å². The van der Waals surface area contributed by atoms with Crippen LogP contribution < -0.4 is 4.74 Å². The summed E-state index contributed by atoms with van der Waals surface area (Å²) in [6.07, 6.45) is 7.37. The number of rotatable bonds is 7. The Labute approximate surface area is 202 Å². The van der Waals surface area contributed by atoms with Gasteiger partial charge in [0.25, 0.3) is 0 Å². The van der Waals surface area contributed by atoms with Crippen LogP contribution in [0.2, 0.25) is 5.02 Å². The van der Waals surface area contributed by atoms with Crippen LogP contribution in [-0.2, 0) is 16.6 Å². The Hall–Kier alpha value is -2.34. The molecule has 1 aliphatic carbocycles. The van der Waals surface area contributed by atoms with Crippen LogP contribution in [0.1, 0.15) is 42.7 Å². The third-order valence-corrected chi connectivity index (χ3v) is 8.20. The van der Waals surface area contributed by atoms with E-state index in [0.717, 1.165) is 22.4 Å². The van der Waals surface area contributed by atoms with E-state index in [1.165, 1.54) is 49.6 Å². The topological polar surface area (TPSA) is 46.6 Å². The summed E-state index contributed by atoms with van der Waals surface area (Å²) >= 11 is 6.06. The predicted molar refractivity (Wildman–Crippen MR) is 134 cm³/mol. The fraction of sp³-hybridized carbons (Fsp3) is 0.296. The molecule has 173 valence electrons. The number of hydrogen-bond acceptors (Lipinski definition) is 3. The monoisotopic (exact) mass is 482 g/mol. The van der Waals surface area contributed by atoms with Gasteiger partial charge in [-0.05, 0) is 83.8 Å². The fourth-order valence-electron chi connectivity index (χ4n) is 4.19. The van der Waals surface area contributed by atoms with Crippen LogP contribution >= 0.6 is 11.6 Å². The smallest absolute Gasteiger partial charge is 0.242 e. The van der Waals surface area contributed by atoms with Gasteiger partial charge in [-0.15, -0.1) is 0 Å². The lowest BCUT2D eigenvalue weighted by Gasteiger charge is -2.21. The molecule has 3 aromatic carbocycles. The summed E-state index contributed by atoms with van der Waals surface area (Å²) in [6, 6.07) is 20.9. The van der Waals surface area contributed by atoms with E-state index in [4.69, 9.17) is 16.3 Å². The highest BCUT2D eigenvalue weighted by molar-refractivity contribution is 7.89. The van der Waals surface area contributed by atoms with Gasteiger partial charge in [0.2, 0.25) is 10.0 Å². The van der Waals surface area contributed by atoms with Crippen LogP contribution in [0, 0.1) is 6.42 Å². The van der Waals surface area contributed by atoms with Crippen molar-refractivity contribution in [1.82, 2.24) is 4.31 Å². The minimum atomic E-state index is -3.55. The molecule has 0 spiro atoms. The summed E-state index contributed by atoms with van der Waals surface area (Å²) in [5.41, 5.74) is 3.99. The molecule has 1 aliphatic rings. The van der Waals surface area contributed by atoms with Crippen molar-refractivity contribution < 1.29 is 13.2 Å². The minimum absolute atomic E-state index is 0.243. The SMILES string of the molecule is CN(C)S(=O)(=O)c1ccc(-c2ccc(Cl)cc2)c(COc2ccc(C3[CH]CCCC3)cc2)c1. The molecule has 0 heterocycles. The first-order valence-corrected chi connectivity index (χ1v) is 13.0. The van der Waals surface area contributed by atoms with Gasteiger partial charge >= 0.3 is 0 Å². The number of nitrogens with zero attached hydrogens (tertiary/aromatic N) is 1. The molecule has 0 aliphatic heterocycles. The van der Waals surface area contributed by atoms with Gasteiger partial charge in [0.05, 0.1) is 4.90 Å². The molecule has 0 amide bonds. The van der Waals surface area contributed by atoms with Crippen molar-refractivity contribution in [2.45, 2.75) is 43.1 Å². The molecular formula is C27H29ClNO3S. The second kappa shape index (κ2) is 10.3. The van der Waals surface area contributed by atoms with Gasteiger partial charge in [-0.25, -0.2) is 12.7 Å². The van der Waals surface area contributed by atoms with E-state index in [0.29, 0.717) is 10.9 Å². The molecule has 1 radical (unpaired) electrons. The van der Waals surface area contributed by atoms with Crippen LogP contribution in [-0.4, -0.2) is 26.8 Å². The maximum absolute atomic E-state index is 12.7. The van der Waals surface area contributed by atoms with Crippen molar-refractivity contribution in [1.29, 1.82) is 0 Å². The van der Waals surface area contributed by atoms with Crippen molar-refractivity contribution in [3.05, 3.63) is 89.3 Å². The lowest BCUT2D eigenvalue weighted by Crippen LogP contribution is -2.22. The van der Waals surface area contributed by atoms with Gasteiger partial charge in [0.1, 0.15) is 12.4 Å². The van der Waals surface area contributed by atoms with E-state index in [9.17, 15) is 8.42 Å². The second-order valence-corrected chi connectivity index (χ2v) is 11.2. The van der Waals surface area contributed by atoms with Crippen molar-refractivity contribution in [2.24, 2.45) is 0 Å². The van der Waals surface area contributed by atoms with Crippen LogP contribution in [0.25, 0.3) is 11.1 Å². The van der Waals surface area contributed by atoms with Crippen LogP contribution in [0.4, 0.5) is 0 Å². The Morgan fingerprint density at radius 3 is 2.33 bits per heavy atom. The predicted octanol–water partition coefficient (Wildman–Crippen LogP) is 6.70. The number of sulfonamides is 1. The molecule has 1 unspecified atom stereocenters. The Morgan fingerprint density at radius 2 is 1.70 bits per heavy atom. The van der Waals surface area contributed by atoms with E-state index in [1.54, 1.807) is 12.1 Å². The van der Waals surface area contributed by atoms with Crippen molar-refractivity contribution in [3.8, 4) is 16.9 Å². The average Bonchev–Trinajstić information content (AvgIpc) is 2.84. The molecule has 6 heteroatoms. The van der Waals surface area contributed by atoms with Crippen LogP contribution in [0.15, 0.2) is 71.6 Å². The third-order valence-electron chi connectivity index (χ3n) is 6.13. The molecule has 0 bridgehead atoms. The first-order chi connectivity index (χ1) is 15.8. The number of benzene rings is 3. The molecule has 0 aromatic heterocycles. The molecular weight excluding hydrogens is 454 g/mol. The maximum Gasteiger partial charge on any atom is 0.242 e. The number of hydrogen-bond donors (Lipinski definition) is 0. The lowest BCUT2D eigenvalue weighted by molar-refractivity contribution is 0.306. The highest BCUT2D eigenvalue weighted by Gasteiger charge is 2.20. The summed E-state index contributed by atoms with van der Waals surface area (Å²) in [5, 5.41) is 0.652. The Morgan fingerprint density at radius 1 is 0.970 bits per heavy atom. The zero-order chi connectivity index (χ0) is 23.4. The van der Waals surface area contributed by atoms with E-state index in [1.807, 2.05) is 42.5 Å². The summed E-state index contributed by atoms with van der Waals surface area (Å²) in [4.78, 5) is 0.243. The van der Waals surface area contributed by atoms with Crippen molar-refractivity contribution >= 4 is 21.6 Å². The lowest BCUT2D eigenvalue weighted by atomic mass is 9.84. The van der Waals surface area contributed by atoms with Crippen molar-refractivity contribution in [3.63, 3.8) is 0 Å². The summed E-state index contributed by atoms with van der Waals surface area (Å²) in [5.74, 6) is 1.29. The summed E-state index contributed by atoms with van der Waals surface area (Å²) in [6.45, 7) is 0.254. The fourth-order valence-corrected chi connectivity index (χ4v) is 5.27. The molecule has 0 N–H and O–H groups in total. The van der Waals surface area contributed by atoms with Gasteiger partial charge in [0, 0.05) is 19.1 Å². The highest BCUT2D eigenvalue weighted by atomic mass is 35.5. The number of halogens is 1. The Kier molecular flexibility index (Phi) is 7.42. The Bertz CT molecular complexity index is 1180. The first kappa shape index (κ1) is 23.8.